The number of fused-ring (bicyclic) bond motifs is 4. The van der Waals surface area contributed by atoms with E-state index in [-0.39, 0.29) is 23.8 Å². The van der Waals surface area contributed by atoms with Crippen LogP contribution in [0.5, 0.6) is 5.75 Å². The zero-order valence-electron chi connectivity index (χ0n) is 21.5. The van der Waals surface area contributed by atoms with Gasteiger partial charge in [0.05, 0.1) is 24.9 Å². The largest absolute Gasteiger partial charge is 0.497 e. The Morgan fingerprint density at radius 2 is 1.85 bits per heavy atom. The molecule has 40 heavy (non-hydrogen) atoms. The van der Waals surface area contributed by atoms with E-state index < -0.39 is 6.04 Å². The smallest absolute Gasteiger partial charge is 0.259 e. The highest BCUT2D eigenvalue weighted by atomic mass is 32.2. The lowest BCUT2D eigenvalue weighted by atomic mass is 10.1. The van der Waals surface area contributed by atoms with Crippen molar-refractivity contribution in [2.75, 3.05) is 7.11 Å². The van der Waals surface area contributed by atoms with E-state index in [9.17, 15) is 14.4 Å². The first kappa shape index (κ1) is 25.5. The maximum absolute atomic E-state index is 13.5. The normalized spacial score (nSPS) is 15.8. The monoisotopic (exact) mass is 552 g/mol. The fourth-order valence-electron chi connectivity index (χ4n) is 4.54. The number of aliphatic imine (C=N–C) groups is 2. The van der Waals surface area contributed by atoms with Crippen LogP contribution in [0.25, 0.3) is 5.65 Å². The minimum absolute atomic E-state index is 0.0852. The van der Waals surface area contributed by atoms with Crippen LogP contribution < -0.4 is 15.6 Å². The highest BCUT2D eigenvalue weighted by Crippen LogP contribution is 2.34. The highest BCUT2D eigenvalue weighted by Gasteiger charge is 2.42. The van der Waals surface area contributed by atoms with E-state index in [0.29, 0.717) is 40.3 Å². The van der Waals surface area contributed by atoms with E-state index in [1.165, 1.54) is 27.1 Å². The van der Waals surface area contributed by atoms with Crippen molar-refractivity contribution in [3.63, 3.8) is 0 Å². The number of carbonyl (C=O) groups excluding carboxylic acids is 2. The quantitative estimate of drug-likeness (QED) is 0.376. The van der Waals surface area contributed by atoms with Gasteiger partial charge in [-0.05, 0) is 42.0 Å². The molecule has 1 atom stereocenters. The Bertz CT molecular complexity index is 1750. The van der Waals surface area contributed by atoms with Crippen LogP contribution in [0.4, 0.5) is 5.69 Å². The van der Waals surface area contributed by atoms with Crippen molar-refractivity contribution >= 4 is 45.9 Å². The van der Waals surface area contributed by atoms with Gasteiger partial charge in [0.15, 0.2) is 5.17 Å². The van der Waals surface area contributed by atoms with Gasteiger partial charge in [-0.1, -0.05) is 42.1 Å². The van der Waals surface area contributed by atoms with Crippen molar-refractivity contribution in [2.45, 2.75) is 24.8 Å². The number of aromatic nitrogens is 2. The Kier molecular flexibility index (Phi) is 6.87. The van der Waals surface area contributed by atoms with Gasteiger partial charge in [-0.25, -0.2) is 14.9 Å². The molecule has 2 aromatic carbocycles. The minimum Gasteiger partial charge on any atom is -0.497 e. The average Bonchev–Trinajstić information content (AvgIpc) is 3.31. The van der Waals surface area contributed by atoms with Gasteiger partial charge in [-0.2, -0.15) is 0 Å². The number of thioether (sulfide) groups is 1. The Labute approximate surface area is 233 Å². The first-order chi connectivity index (χ1) is 19.5. The standard InChI is InChI=1S/C29H24N6O4S/c1-39-20-11-9-18(10-12-20)16-30-25(36)15-23-28(38)35-27(32-23)21-6-2-3-7-22(21)33-29(35)40-17-19-14-26(37)34-13-5-4-8-24(34)31-19/h2-14,23H,15-17H2,1H3,(H,30,36)/t23-/m1/s1. The summed E-state index contributed by atoms with van der Waals surface area (Å²) < 4.78 is 6.64. The summed E-state index contributed by atoms with van der Waals surface area (Å²) in [6, 6.07) is 20.8. The number of benzene rings is 2. The van der Waals surface area contributed by atoms with Crippen LogP contribution >= 0.6 is 11.8 Å². The van der Waals surface area contributed by atoms with Crippen LogP contribution in [0.2, 0.25) is 0 Å². The lowest BCUT2D eigenvalue weighted by Gasteiger charge is -2.25. The summed E-state index contributed by atoms with van der Waals surface area (Å²) in [5.74, 6) is 0.933. The summed E-state index contributed by atoms with van der Waals surface area (Å²) in [5, 5.41) is 3.30. The molecule has 11 heteroatoms. The molecule has 0 saturated carbocycles. The van der Waals surface area contributed by atoms with Gasteiger partial charge in [0, 0.05) is 30.1 Å². The van der Waals surface area contributed by atoms with Crippen LogP contribution in [0.15, 0.2) is 93.8 Å². The predicted octanol–water partition coefficient (Wildman–Crippen LogP) is 3.30. The van der Waals surface area contributed by atoms with Crippen LogP contribution in [0.1, 0.15) is 23.2 Å². The number of para-hydroxylation sites is 1. The van der Waals surface area contributed by atoms with Gasteiger partial charge in [0.25, 0.3) is 11.5 Å². The number of pyridine rings is 1. The third kappa shape index (κ3) is 4.98. The fraction of sp³-hybridized carbons (Fsp3) is 0.172. The zero-order chi connectivity index (χ0) is 27.6. The molecule has 200 valence electrons. The van der Waals surface area contributed by atoms with Crippen LogP contribution in [-0.4, -0.2) is 50.3 Å². The number of nitrogens with zero attached hydrogens (tertiary/aromatic N) is 5. The molecule has 0 aliphatic carbocycles. The number of hydrogen-bond donors (Lipinski definition) is 1. The highest BCUT2D eigenvalue weighted by molar-refractivity contribution is 8.13. The lowest BCUT2D eigenvalue weighted by Crippen LogP contribution is -2.42. The summed E-state index contributed by atoms with van der Waals surface area (Å²) in [7, 11) is 1.60. The van der Waals surface area contributed by atoms with Gasteiger partial charge in [0.1, 0.15) is 23.3 Å². The topological polar surface area (TPSA) is 118 Å². The predicted molar refractivity (Wildman–Crippen MR) is 153 cm³/mol. The molecule has 10 nitrogen and oxygen atoms in total. The SMILES string of the molecule is COc1ccc(CNC(=O)C[C@H]2N=C3c4ccccc4N=C(SCc4cc(=O)n5ccccc5n4)N3C2=O)cc1. The zero-order valence-corrected chi connectivity index (χ0v) is 22.3. The number of nitrogens with one attached hydrogen (secondary N) is 1. The molecule has 2 amide bonds. The number of hydrogen-bond acceptors (Lipinski definition) is 8. The van der Waals surface area contributed by atoms with E-state index in [1.807, 2.05) is 54.6 Å². The third-order valence-electron chi connectivity index (χ3n) is 6.55. The van der Waals surface area contributed by atoms with Gasteiger partial charge in [-0.15, -0.1) is 0 Å². The molecule has 1 N–H and O–H groups in total. The lowest BCUT2D eigenvalue weighted by molar-refractivity contribution is -0.128. The fourth-order valence-corrected chi connectivity index (χ4v) is 5.43. The second kappa shape index (κ2) is 10.8. The maximum atomic E-state index is 13.5. The second-order valence-corrected chi connectivity index (χ2v) is 10.1. The van der Waals surface area contributed by atoms with Crippen molar-refractivity contribution in [3.8, 4) is 5.75 Å². The molecule has 4 heterocycles. The third-order valence-corrected chi connectivity index (χ3v) is 7.52. The van der Waals surface area contributed by atoms with E-state index in [2.05, 4.69) is 15.3 Å². The number of rotatable bonds is 7. The maximum Gasteiger partial charge on any atom is 0.259 e. The van der Waals surface area contributed by atoms with Crippen LogP contribution in [0.3, 0.4) is 0 Å². The van der Waals surface area contributed by atoms with Crippen molar-refractivity contribution in [1.82, 2.24) is 19.6 Å². The number of carbonyl (C=O) groups is 2. The number of amidine groups is 2. The molecule has 4 aromatic rings. The van der Waals surface area contributed by atoms with Gasteiger partial charge >= 0.3 is 0 Å². The molecule has 0 saturated heterocycles. The molecule has 2 aromatic heterocycles. The molecule has 6 rings (SSSR count). The Balaban J connectivity index is 1.19. The Morgan fingerprint density at radius 1 is 1.05 bits per heavy atom. The summed E-state index contributed by atoms with van der Waals surface area (Å²) in [6.07, 6.45) is 1.58. The molecule has 0 unspecified atom stereocenters. The van der Waals surface area contributed by atoms with Crippen molar-refractivity contribution in [3.05, 3.63) is 106 Å². The summed E-state index contributed by atoms with van der Waals surface area (Å²) >= 11 is 1.30. The van der Waals surface area contributed by atoms with E-state index in [0.717, 1.165) is 16.9 Å². The number of amides is 2. The van der Waals surface area contributed by atoms with Crippen LogP contribution in [-0.2, 0) is 21.9 Å². The van der Waals surface area contributed by atoms with E-state index in [1.54, 1.807) is 25.4 Å². The molecular formula is C29H24N6O4S. The average molecular weight is 553 g/mol. The molecule has 2 aliphatic heterocycles. The van der Waals surface area contributed by atoms with Crippen LogP contribution in [0, 0.1) is 0 Å². The van der Waals surface area contributed by atoms with Crippen molar-refractivity contribution < 1.29 is 14.3 Å². The van der Waals surface area contributed by atoms with Gasteiger partial charge in [0.2, 0.25) is 5.91 Å². The first-order valence-corrected chi connectivity index (χ1v) is 13.6. The second-order valence-electron chi connectivity index (χ2n) is 9.19. The number of methoxy groups -OCH3 is 1. The first-order valence-electron chi connectivity index (χ1n) is 12.6. The van der Waals surface area contributed by atoms with Gasteiger partial charge < -0.3 is 10.1 Å². The van der Waals surface area contributed by atoms with E-state index >= 15 is 0 Å². The molecular weight excluding hydrogens is 528 g/mol. The van der Waals surface area contributed by atoms with Crippen molar-refractivity contribution in [1.29, 1.82) is 0 Å². The van der Waals surface area contributed by atoms with Crippen molar-refractivity contribution in [2.24, 2.45) is 9.98 Å². The minimum atomic E-state index is -0.869. The Morgan fingerprint density at radius 3 is 2.67 bits per heavy atom. The Hall–Kier alpha value is -4.77. The summed E-state index contributed by atoms with van der Waals surface area (Å²) in [5.41, 5.74) is 3.26. The molecule has 0 spiro atoms. The van der Waals surface area contributed by atoms with Gasteiger partial charge in [-0.3, -0.25) is 23.8 Å². The molecule has 0 bridgehead atoms. The molecule has 0 fully saturated rings. The molecule has 0 radical (unpaired) electrons. The molecule has 2 aliphatic rings. The number of ether oxygens (including phenoxy) is 1. The van der Waals surface area contributed by atoms with E-state index in [4.69, 9.17) is 9.73 Å². The summed E-state index contributed by atoms with van der Waals surface area (Å²) in [4.78, 5) is 54.3. The summed E-state index contributed by atoms with van der Waals surface area (Å²) in [6.45, 7) is 0.328.